The standard InChI is InChI=1S/C14H11ClN2O5/c1-7-12(19)10(5-18)8(4-16-7)6-22-13-9(14(20)21)2-3-11(15)17-13/h2-5,19H,6H2,1H3,(H,20,21). The Balaban J connectivity index is 2.31. The Hall–Kier alpha value is -2.67. The monoisotopic (exact) mass is 322 g/mol. The van der Waals surface area contributed by atoms with Crippen molar-refractivity contribution in [2.24, 2.45) is 0 Å². The van der Waals surface area contributed by atoms with E-state index in [9.17, 15) is 14.7 Å². The van der Waals surface area contributed by atoms with Crippen molar-refractivity contribution in [2.45, 2.75) is 13.5 Å². The summed E-state index contributed by atoms with van der Waals surface area (Å²) < 4.78 is 5.32. The zero-order valence-corrected chi connectivity index (χ0v) is 12.2. The molecule has 0 spiro atoms. The van der Waals surface area contributed by atoms with E-state index in [0.29, 0.717) is 17.5 Å². The molecule has 2 aromatic heterocycles. The second kappa shape index (κ2) is 6.40. The molecule has 0 aliphatic heterocycles. The van der Waals surface area contributed by atoms with Crippen molar-refractivity contribution in [3.05, 3.63) is 45.9 Å². The second-order valence-corrected chi connectivity index (χ2v) is 4.72. The van der Waals surface area contributed by atoms with Gasteiger partial charge in [-0.05, 0) is 19.1 Å². The van der Waals surface area contributed by atoms with Crippen molar-refractivity contribution in [1.82, 2.24) is 9.97 Å². The zero-order chi connectivity index (χ0) is 16.3. The van der Waals surface area contributed by atoms with E-state index in [4.69, 9.17) is 21.4 Å². The molecule has 0 fully saturated rings. The molecule has 114 valence electrons. The summed E-state index contributed by atoms with van der Waals surface area (Å²) in [4.78, 5) is 29.9. The van der Waals surface area contributed by atoms with Crippen LogP contribution in [0.2, 0.25) is 5.15 Å². The summed E-state index contributed by atoms with van der Waals surface area (Å²) in [5, 5.41) is 18.9. The maximum absolute atomic E-state index is 11.1. The first kappa shape index (κ1) is 15.7. The highest BCUT2D eigenvalue weighted by Crippen LogP contribution is 2.24. The van der Waals surface area contributed by atoms with Gasteiger partial charge in [-0.2, -0.15) is 0 Å². The highest BCUT2D eigenvalue weighted by Gasteiger charge is 2.16. The number of carbonyl (C=O) groups is 2. The Bertz CT molecular complexity index is 748. The van der Waals surface area contributed by atoms with Gasteiger partial charge in [-0.1, -0.05) is 11.6 Å². The van der Waals surface area contributed by atoms with E-state index in [0.717, 1.165) is 0 Å². The predicted molar refractivity (Wildman–Crippen MR) is 76.6 cm³/mol. The van der Waals surface area contributed by atoms with Crippen molar-refractivity contribution in [3.63, 3.8) is 0 Å². The van der Waals surface area contributed by atoms with Crippen LogP contribution in [0.5, 0.6) is 11.6 Å². The van der Waals surface area contributed by atoms with Crippen LogP contribution >= 0.6 is 11.6 Å². The summed E-state index contributed by atoms with van der Waals surface area (Å²) >= 11 is 5.72. The van der Waals surface area contributed by atoms with Gasteiger partial charge in [0.15, 0.2) is 6.29 Å². The maximum atomic E-state index is 11.1. The van der Waals surface area contributed by atoms with E-state index in [1.165, 1.54) is 18.3 Å². The van der Waals surface area contributed by atoms with Crippen molar-refractivity contribution in [2.75, 3.05) is 0 Å². The Morgan fingerprint density at radius 2 is 2.18 bits per heavy atom. The number of aldehydes is 1. The topological polar surface area (TPSA) is 110 Å². The Morgan fingerprint density at radius 1 is 1.45 bits per heavy atom. The minimum absolute atomic E-state index is 0.0337. The van der Waals surface area contributed by atoms with Crippen LogP contribution < -0.4 is 4.74 Å². The van der Waals surface area contributed by atoms with E-state index < -0.39 is 5.97 Å². The number of pyridine rings is 2. The fraction of sp³-hybridized carbons (Fsp3) is 0.143. The largest absolute Gasteiger partial charge is 0.505 e. The minimum atomic E-state index is -1.22. The summed E-state index contributed by atoms with van der Waals surface area (Å²) in [6.45, 7) is 1.36. The first-order valence-electron chi connectivity index (χ1n) is 6.09. The Morgan fingerprint density at radius 3 is 2.82 bits per heavy atom. The molecule has 2 aromatic rings. The summed E-state index contributed by atoms with van der Waals surface area (Å²) in [7, 11) is 0. The molecule has 0 atom stereocenters. The summed E-state index contributed by atoms with van der Waals surface area (Å²) in [5.41, 5.74) is 0.474. The van der Waals surface area contributed by atoms with Crippen LogP contribution in [0.25, 0.3) is 0 Å². The lowest BCUT2D eigenvalue weighted by molar-refractivity contribution is 0.0690. The van der Waals surface area contributed by atoms with Gasteiger partial charge in [0.25, 0.3) is 0 Å². The summed E-state index contributed by atoms with van der Waals surface area (Å²) in [6, 6.07) is 2.59. The third-order valence-corrected chi connectivity index (χ3v) is 3.11. The lowest BCUT2D eigenvalue weighted by Gasteiger charge is -2.11. The fourth-order valence-electron chi connectivity index (χ4n) is 1.74. The van der Waals surface area contributed by atoms with Gasteiger partial charge in [0, 0.05) is 11.8 Å². The normalized spacial score (nSPS) is 10.3. The Labute approximate surface area is 130 Å². The predicted octanol–water partition coefficient (Wildman–Crippen LogP) is 2.23. The number of carboxylic acid groups (broad SMARTS) is 1. The molecule has 2 rings (SSSR count). The molecule has 0 bridgehead atoms. The molecular weight excluding hydrogens is 312 g/mol. The third-order valence-electron chi connectivity index (χ3n) is 2.90. The van der Waals surface area contributed by atoms with Crippen LogP contribution in [-0.2, 0) is 6.61 Å². The molecular formula is C14H11ClN2O5. The first-order chi connectivity index (χ1) is 10.4. The number of ether oxygens (including phenoxy) is 1. The van der Waals surface area contributed by atoms with Gasteiger partial charge in [0.05, 0.1) is 11.3 Å². The molecule has 0 amide bonds. The van der Waals surface area contributed by atoms with Crippen LogP contribution in [0.1, 0.15) is 32.0 Å². The zero-order valence-electron chi connectivity index (χ0n) is 11.4. The molecule has 0 unspecified atom stereocenters. The first-order valence-corrected chi connectivity index (χ1v) is 6.47. The van der Waals surface area contributed by atoms with E-state index in [1.54, 1.807) is 6.92 Å². The van der Waals surface area contributed by atoms with Gasteiger partial charge in [0.1, 0.15) is 23.1 Å². The maximum Gasteiger partial charge on any atom is 0.341 e. The molecule has 0 aliphatic rings. The molecule has 0 saturated heterocycles. The van der Waals surface area contributed by atoms with Crippen molar-refractivity contribution in [3.8, 4) is 11.6 Å². The van der Waals surface area contributed by atoms with Crippen molar-refractivity contribution >= 4 is 23.9 Å². The number of aromatic nitrogens is 2. The van der Waals surface area contributed by atoms with Gasteiger partial charge in [-0.15, -0.1) is 0 Å². The number of carbonyl (C=O) groups excluding carboxylic acids is 1. The number of aromatic carboxylic acids is 1. The van der Waals surface area contributed by atoms with E-state index in [-0.39, 0.29) is 34.5 Å². The summed E-state index contributed by atoms with van der Waals surface area (Å²) in [5.74, 6) is -1.65. The molecule has 0 radical (unpaired) electrons. The number of aromatic hydroxyl groups is 1. The van der Waals surface area contributed by atoms with Gasteiger partial charge < -0.3 is 14.9 Å². The average Bonchev–Trinajstić information content (AvgIpc) is 2.48. The van der Waals surface area contributed by atoms with Crippen LogP contribution in [-0.4, -0.2) is 32.4 Å². The minimum Gasteiger partial charge on any atom is -0.505 e. The molecule has 2 N–H and O–H groups in total. The summed E-state index contributed by atoms with van der Waals surface area (Å²) in [6.07, 6.45) is 1.84. The highest BCUT2D eigenvalue weighted by atomic mass is 35.5. The lowest BCUT2D eigenvalue weighted by atomic mass is 10.1. The molecule has 22 heavy (non-hydrogen) atoms. The van der Waals surface area contributed by atoms with Crippen LogP contribution in [0, 0.1) is 6.92 Å². The molecule has 0 saturated carbocycles. The molecule has 0 aromatic carbocycles. The number of hydrogen-bond donors (Lipinski definition) is 2. The van der Waals surface area contributed by atoms with Crippen molar-refractivity contribution in [1.29, 1.82) is 0 Å². The van der Waals surface area contributed by atoms with Crippen LogP contribution in [0.4, 0.5) is 0 Å². The second-order valence-electron chi connectivity index (χ2n) is 4.33. The third kappa shape index (κ3) is 3.15. The number of carboxylic acids is 1. The number of nitrogens with zero attached hydrogens (tertiary/aromatic N) is 2. The Kier molecular flexibility index (Phi) is 4.57. The van der Waals surface area contributed by atoms with Gasteiger partial charge in [-0.3, -0.25) is 9.78 Å². The van der Waals surface area contributed by atoms with E-state index >= 15 is 0 Å². The SMILES string of the molecule is Cc1ncc(COc2nc(Cl)ccc2C(=O)O)c(C=O)c1O. The van der Waals surface area contributed by atoms with Gasteiger partial charge >= 0.3 is 5.97 Å². The molecule has 0 aliphatic carbocycles. The van der Waals surface area contributed by atoms with Crippen LogP contribution in [0.15, 0.2) is 18.3 Å². The van der Waals surface area contributed by atoms with Crippen LogP contribution in [0.3, 0.4) is 0 Å². The number of rotatable bonds is 5. The average molecular weight is 323 g/mol. The highest BCUT2D eigenvalue weighted by molar-refractivity contribution is 6.29. The molecule has 2 heterocycles. The van der Waals surface area contributed by atoms with Gasteiger partial charge in [-0.25, -0.2) is 9.78 Å². The smallest absolute Gasteiger partial charge is 0.341 e. The van der Waals surface area contributed by atoms with Gasteiger partial charge in [0.2, 0.25) is 5.88 Å². The van der Waals surface area contributed by atoms with Crippen molar-refractivity contribution < 1.29 is 24.5 Å². The van der Waals surface area contributed by atoms with E-state index in [1.807, 2.05) is 0 Å². The molecule has 8 heteroatoms. The molecule has 7 nitrogen and oxygen atoms in total. The lowest BCUT2D eigenvalue weighted by Crippen LogP contribution is -2.07. The fourth-order valence-corrected chi connectivity index (χ4v) is 1.88. The quantitative estimate of drug-likeness (QED) is 0.641. The number of halogens is 1. The van der Waals surface area contributed by atoms with E-state index in [2.05, 4.69) is 9.97 Å². The number of aryl methyl sites for hydroxylation is 1. The number of hydrogen-bond acceptors (Lipinski definition) is 6.